The van der Waals surface area contributed by atoms with Crippen molar-refractivity contribution in [2.24, 2.45) is 5.92 Å². The monoisotopic (exact) mass is 235 g/mol. The molecule has 1 rings (SSSR count). The van der Waals surface area contributed by atoms with E-state index in [2.05, 4.69) is 10.2 Å². The zero-order valence-electron chi connectivity index (χ0n) is 10.9. The summed E-state index contributed by atoms with van der Waals surface area (Å²) in [4.78, 5) is 13.5. The Morgan fingerprint density at radius 2 is 2.18 bits per heavy atom. The molecular weight excluding hydrogens is 214 g/mol. The number of carbonyl (C=O) groups is 1. The molecule has 3 N–H and O–H groups in total. The second kappa shape index (κ2) is 5.57. The quantitative estimate of drug-likeness (QED) is 0.775. The molecule has 1 aromatic rings. The fraction of sp³-hybridized carbons (Fsp3) is 0.462. The number of amides is 1. The third kappa shape index (κ3) is 3.37. The Morgan fingerprint density at radius 1 is 1.53 bits per heavy atom. The summed E-state index contributed by atoms with van der Waals surface area (Å²) < 4.78 is 0. The van der Waals surface area contributed by atoms with Crippen LogP contribution in [0.3, 0.4) is 0 Å². The Bertz CT molecular complexity index is 404. The van der Waals surface area contributed by atoms with E-state index in [0.29, 0.717) is 6.54 Å². The van der Waals surface area contributed by atoms with Gasteiger partial charge >= 0.3 is 0 Å². The van der Waals surface area contributed by atoms with Gasteiger partial charge in [0, 0.05) is 32.0 Å². The molecule has 4 heteroatoms. The summed E-state index contributed by atoms with van der Waals surface area (Å²) in [7, 11) is 3.64. The van der Waals surface area contributed by atoms with Crippen LogP contribution < -0.4 is 16.0 Å². The smallest absolute Gasteiger partial charge is 0.224 e. The number of benzene rings is 1. The van der Waals surface area contributed by atoms with Crippen molar-refractivity contribution < 1.29 is 4.79 Å². The van der Waals surface area contributed by atoms with Crippen LogP contribution in [-0.2, 0) is 4.79 Å². The molecule has 0 heterocycles. The van der Waals surface area contributed by atoms with E-state index in [9.17, 15) is 4.79 Å². The first-order valence-corrected chi connectivity index (χ1v) is 5.74. The molecule has 1 unspecified atom stereocenters. The van der Waals surface area contributed by atoms with Gasteiger partial charge in [-0.2, -0.15) is 0 Å². The highest BCUT2D eigenvalue weighted by molar-refractivity contribution is 5.78. The molecule has 1 atom stereocenters. The molecule has 94 valence electrons. The summed E-state index contributed by atoms with van der Waals surface area (Å²) in [5.74, 6) is 0.0203. The Balaban J connectivity index is 2.72. The second-order valence-electron chi connectivity index (χ2n) is 4.44. The van der Waals surface area contributed by atoms with E-state index < -0.39 is 0 Å². The van der Waals surface area contributed by atoms with Crippen LogP contribution >= 0.6 is 0 Å². The number of anilines is 2. The molecule has 1 amide bonds. The topological polar surface area (TPSA) is 58.4 Å². The first-order chi connectivity index (χ1) is 7.95. The number of hydrogen-bond donors (Lipinski definition) is 2. The Morgan fingerprint density at radius 3 is 2.71 bits per heavy atom. The number of carbonyl (C=O) groups excluding carboxylic acids is 1. The summed E-state index contributed by atoms with van der Waals surface area (Å²) in [5, 5.41) is 2.66. The van der Waals surface area contributed by atoms with E-state index >= 15 is 0 Å². The molecular formula is C13H21N3O. The van der Waals surface area contributed by atoms with Crippen molar-refractivity contribution in [1.82, 2.24) is 5.32 Å². The molecule has 0 aliphatic heterocycles. The van der Waals surface area contributed by atoms with Crippen LogP contribution in [0.4, 0.5) is 11.4 Å². The lowest BCUT2D eigenvalue weighted by atomic mass is 10.1. The van der Waals surface area contributed by atoms with Gasteiger partial charge in [0.25, 0.3) is 0 Å². The van der Waals surface area contributed by atoms with E-state index in [0.717, 1.165) is 16.9 Å². The number of nitrogens with zero attached hydrogens (tertiary/aromatic N) is 1. The van der Waals surface area contributed by atoms with Gasteiger partial charge in [-0.25, -0.2) is 0 Å². The maximum Gasteiger partial charge on any atom is 0.224 e. The first kappa shape index (κ1) is 13.4. The average Bonchev–Trinajstić information content (AvgIpc) is 2.31. The van der Waals surface area contributed by atoms with Crippen molar-refractivity contribution in [3.05, 3.63) is 23.8 Å². The molecule has 0 saturated carbocycles. The standard InChI is InChI=1S/C13H21N3O/c1-9-7-11(5-6-12(9)14)16(4)8-10(2)13(17)15-3/h5-7,10H,8,14H2,1-4H3,(H,15,17). The predicted molar refractivity (Wildman–Crippen MR) is 72.1 cm³/mol. The highest BCUT2D eigenvalue weighted by atomic mass is 16.1. The van der Waals surface area contributed by atoms with Gasteiger partial charge in [0.15, 0.2) is 0 Å². The summed E-state index contributed by atoms with van der Waals surface area (Å²) in [5.41, 5.74) is 8.70. The molecule has 0 radical (unpaired) electrons. The van der Waals surface area contributed by atoms with Crippen LogP contribution in [-0.4, -0.2) is 26.5 Å². The van der Waals surface area contributed by atoms with Crippen molar-refractivity contribution in [3.63, 3.8) is 0 Å². The fourth-order valence-corrected chi connectivity index (χ4v) is 1.74. The van der Waals surface area contributed by atoms with Gasteiger partial charge in [0.05, 0.1) is 5.92 Å². The molecule has 1 aromatic carbocycles. The normalized spacial score (nSPS) is 12.0. The first-order valence-electron chi connectivity index (χ1n) is 5.74. The zero-order valence-corrected chi connectivity index (χ0v) is 10.9. The van der Waals surface area contributed by atoms with Crippen molar-refractivity contribution in [1.29, 1.82) is 0 Å². The number of nitrogens with two attached hydrogens (primary N) is 1. The SMILES string of the molecule is CNC(=O)C(C)CN(C)c1ccc(N)c(C)c1. The third-order valence-electron chi connectivity index (χ3n) is 2.94. The molecule has 0 bridgehead atoms. The van der Waals surface area contributed by atoms with Gasteiger partial charge in [-0.15, -0.1) is 0 Å². The average molecular weight is 235 g/mol. The van der Waals surface area contributed by atoms with E-state index in [1.54, 1.807) is 7.05 Å². The van der Waals surface area contributed by atoms with Crippen molar-refractivity contribution >= 4 is 17.3 Å². The Kier molecular flexibility index (Phi) is 4.37. The molecule has 4 nitrogen and oxygen atoms in total. The highest BCUT2D eigenvalue weighted by Crippen LogP contribution is 2.20. The lowest BCUT2D eigenvalue weighted by Gasteiger charge is -2.23. The van der Waals surface area contributed by atoms with E-state index in [4.69, 9.17) is 5.73 Å². The summed E-state index contributed by atoms with van der Waals surface area (Å²) in [6.45, 7) is 4.58. The summed E-state index contributed by atoms with van der Waals surface area (Å²) in [6.07, 6.45) is 0. The van der Waals surface area contributed by atoms with E-state index in [-0.39, 0.29) is 11.8 Å². The fourth-order valence-electron chi connectivity index (χ4n) is 1.74. The molecule has 0 spiro atoms. The highest BCUT2D eigenvalue weighted by Gasteiger charge is 2.14. The lowest BCUT2D eigenvalue weighted by Crippen LogP contribution is -2.34. The third-order valence-corrected chi connectivity index (χ3v) is 2.94. The maximum absolute atomic E-state index is 11.4. The number of rotatable bonds is 4. The van der Waals surface area contributed by atoms with Gasteiger partial charge in [-0.1, -0.05) is 6.92 Å². The summed E-state index contributed by atoms with van der Waals surface area (Å²) in [6, 6.07) is 5.90. The van der Waals surface area contributed by atoms with Crippen LogP contribution in [0.25, 0.3) is 0 Å². The minimum absolute atomic E-state index is 0.0390. The molecule has 0 aromatic heterocycles. The Labute approximate surface area is 103 Å². The second-order valence-corrected chi connectivity index (χ2v) is 4.44. The molecule has 17 heavy (non-hydrogen) atoms. The Hall–Kier alpha value is -1.71. The van der Waals surface area contributed by atoms with Gasteiger partial charge < -0.3 is 16.0 Å². The van der Waals surface area contributed by atoms with Gasteiger partial charge in [-0.05, 0) is 30.7 Å². The van der Waals surface area contributed by atoms with Gasteiger partial charge in [-0.3, -0.25) is 4.79 Å². The number of nitrogens with one attached hydrogen (secondary N) is 1. The zero-order chi connectivity index (χ0) is 13.0. The molecule has 0 aliphatic carbocycles. The van der Waals surface area contributed by atoms with Gasteiger partial charge in [0.2, 0.25) is 5.91 Å². The number of aryl methyl sites for hydroxylation is 1. The minimum Gasteiger partial charge on any atom is -0.399 e. The number of hydrogen-bond acceptors (Lipinski definition) is 3. The van der Waals surface area contributed by atoms with Crippen LogP contribution in [0, 0.1) is 12.8 Å². The van der Waals surface area contributed by atoms with Gasteiger partial charge in [0.1, 0.15) is 0 Å². The molecule has 0 aliphatic rings. The van der Waals surface area contributed by atoms with Crippen LogP contribution in [0.15, 0.2) is 18.2 Å². The summed E-state index contributed by atoms with van der Waals surface area (Å²) >= 11 is 0. The van der Waals surface area contributed by atoms with Crippen LogP contribution in [0.5, 0.6) is 0 Å². The van der Waals surface area contributed by atoms with Crippen molar-refractivity contribution in [3.8, 4) is 0 Å². The number of nitrogen functional groups attached to an aromatic ring is 1. The van der Waals surface area contributed by atoms with E-state index in [1.807, 2.05) is 39.1 Å². The predicted octanol–water partition coefficient (Wildman–Crippen LogP) is 1.40. The van der Waals surface area contributed by atoms with Crippen molar-refractivity contribution in [2.45, 2.75) is 13.8 Å². The molecule has 0 fully saturated rings. The van der Waals surface area contributed by atoms with Crippen LogP contribution in [0.1, 0.15) is 12.5 Å². The lowest BCUT2D eigenvalue weighted by molar-refractivity contribution is -0.123. The van der Waals surface area contributed by atoms with Crippen LogP contribution in [0.2, 0.25) is 0 Å². The minimum atomic E-state index is -0.0390. The molecule has 0 saturated heterocycles. The largest absolute Gasteiger partial charge is 0.399 e. The van der Waals surface area contributed by atoms with Crippen molar-refractivity contribution in [2.75, 3.05) is 31.3 Å². The maximum atomic E-state index is 11.4. The van der Waals surface area contributed by atoms with E-state index in [1.165, 1.54) is 0 Å².